The van der Waals surface area contributed by atoms with Gasteiger partial charge in [-0.25, -0.2) is 0 Å². The van der Waals surface area contributed by atoms with E-state index in [1.807, 2.05) is 0 Å². The number of hydrogen-bond acceptors (Lipinski definition) is 3. The Morgan fingerprint density at radius 1 is 1.42 bits per heavy atom. The van der Waals surface area contributed by atoms with Crippen LogP contribution in [0.1, 0.15) is 12.8 Å². The van der Waals surface area contributed by atoms with Gasteiger partial charge in [0, 0.05) is 0 Å². The lowest BCUT2D eigenvalue weighted by molar-refractivity contribution is -0.142. The Bertz CT molecular complexity index is 213. The van der Waals surface area contributed by atoms with Crippen molar-refractivity contribution in [2.75, 3.05) is 0 Å². The van der Waals surface area contributed by atoms with Gasteiger partial charge in [-0.05, 0) is 18.8 Å². The molecule has 1 amide bonds. The largest absolute Gasteiger partial charge is 0.480 e. The van der Waals surface area contributed by atoms with Crippen molar-refractivity contribution in [3.8, 4) is 0 Å². The molecule has 68 valence electrons. The summed E-state index contributed by atoms with van der Waals surface area (Å²) in [5, 5.41) is 8.55. The van der Waals surface area contributed by atoms with Crippen LogP contribution < -0.4 is 11.5 Å². The van der Waals surface area contributed by atoms with Crippen molar-refractivity contribution in [2.24, 2.45) is 23.3 Å². The summed E-state index contributed by atoms with van der Waals surface area (Å²) in [5.74, 6) is -2.37. The predicted molar refractivity (Wildman–Crippen MR) is 41.0 cm³/mol. The molecular formula is C7H12N2O3. The summed E-state index contributed by atoms with van der Waals surface area (Å²) in [6, 6.07) is -1.14. The molecule has 5 N–H and O–H groups in total. The topological polar surface area (TPSA) is 106 Å². The maximum atomic E-state index is 10.8. The van der Waals surface area contributed by atoms with Gasteiger partial charge in [0.05, 0.1) is 5.92 Å². The highest BCUT2D eigenvalue weighted by atomic mass is 16.4. The minimum atomic E-state index is -1.16. The molecule has 5 heteroatoms. The van der Waals surface area contributed by atoms with Gasteiger partial charge >= 0.3 is 5.97 Å². The zero-order valence-electron chi connectivity index (χ0n) is 6.56. The lowest BCUT2D eigenvalue weighted by Gasteiger charge is -2.15. The quantitative estimate of drug-likeness (QED) is 0.500. The van der Waals surface area contributed by atoms with Crippen molar-refractivity contribution in [1.82, 2.24) is 0 Å². The number of hydrogen-bond donors (Lipinski definition) is 3. The Morgan fingerprint density at radius 3 is 2.17 bits per heavy atom. The number of primary amides is 1. The number of carboxylic acid groups (broad SMARTS) is 1. The van der Waals surface area contributed by atoms with Crippen LogP contribution >= 0.6 is 0 Å². The minimum absolute atomic E-state index is 0.0913. The molecule has 1 saturated carbocycles. The maximum Gasteiger partial charge on any atom is 0.321 e. The summed E-state index contributed by atoms with van der Waals surface area (Å²) in [5.41, 5.74) is 10.3. The smallest absolute Gasteiger partial charge is 0.321 e. The number of amides is 1. The number of nitrogens with two attached hydrogens (primary N) is 2. The van der Waals surface area contributed by atoms with E-state index in [4.69, 9.17) is 16.6 Å². The molecule has 2 atom stereocenters. The SMILES string of the molecule is NC(=O)C(C1CC1)C(N)C(=O)O. The van der Waals surface area contributed by atoms with Crippen LogP contribution in [0, 0.1) is 11.8 Å². The predicted octanol–water partition coefficient (Wildman–Crippen LogP) is -1.09. The van der Waals surface area contributed by atoms with Crippen LogP contribution in [0.3, 0.4) is 0 Å². The van der Waals surface area contributed by atoms with E-state index in [2.05, 4.69) is 0 Å². The second kappa shape index (κ2) is 3.10. The highest BCUT2D eigenvalue weighted by Crippen LogP contribution is 2.37. The van der Waals surface area contributed by atoms with Crippen LogP contribution in [0.5, 0.6) is 0 Å². The zero-order chi connectivity index (χ0) is 9.30. The Kier molecular flexibility index (Phi) is 2.32. The molecule has 0 saturated heterocycles. The molecule has 0 spiro atoms. The van der Waals surface area contributed by atoms with Gasteiger partial charge in [0.1, 0.15) is 6.04 Å². The van der Waals surface area contributed by atoms with E-state index in [0.717, 1.165) is 12.8 Å². The van der Waals surface area contributed by atoms with E-state index in [0.29, 0.717) is 0 Å². The Morgan fingerprint density at radius 2 is 1.92 bits per heavy atom. The summed E-state index contributed by atoms with van der Waals surface area (Å²) >= 11 is 0. The highest BCUT2D eigenvalue weighted by Gasteiger charge is 2.41. The normalized spacial score (nSPS) is 21.4. The fourth-order valence-corrected chi connectivity index (χ4v) is 1.31. The lowest BCUT2D eigenvalue weighted by atomic mass is 9.94. The Labute approximate surface area is 69.7 Å². The summed E-state index contributed by atoms with van der Waals surface area (Å²) in [4.78, 5) is 21.3. The number of carbonyl (C=O) groups excluding carboxylic acids is 1. The molecule has 1 fully saturated rings. The average molecular weight is 172 g/mol. The molecule has 0 radical (unpaired) electrons. The molecule has 1 aliphatic rings. The number of rotatable bonds is 4. The first-order chi connectivity index (χ1) is 5.54. The first kappa shape index (κ1) is 8.99. The van der Waals surface area contributed by atoms with E-state index in [-0.39, 0.29) is 5.92 Å². The summed E-state index contributed by atoms with van der Waals surface area (Å²) in [6.45, 7) is 0. The first-order valence-electron chi connectivity index (χ1n) is 3.81. The molecule has 12 heavy (non-hydrogen) atoms. The Hall–Kier alpha value is -1.10. The van der Waals surface area contributed by atoms with Crippen molar-refractivity contribution >= 4 is 11.9 Å². The van der Waals surface area contributed by atoms with Crippen LogP contribution in [0.4, 0.5) is 0 Å². The second-order valence-corrected chi connectivity index (χ2v) is 3.13. The van der Waals surface area contributed by atoms with Crippen molar-refractivity contribution in [3.63, 3.8) is 0 Å². The van der Waals surface area contributed by atoms with Crippen LogP contribution in [0.15, 0.2) is 0 Å². The van der Waals surface area contributed by atoms with Gasteiger partial charge in [-0.2, -0.15) is 0 Å². The van der Waals surface area contributed by atoms with Crippen LogP contribution in [-0.4, -0.2) is 23.0 Å². The zero-order valence-corrected chi connectivity index (χ0v) is 6.56. The number of carboxylic acids is 1. The van der Waals surface area contributed by atoms with Crippen molar-refractivity contribution < 1.29 is 14.7 Å². The molecule has 0 bridgehead atoms. The molecular weight excluding hydrogens is 160 g/mol. The molecule has 1 rings (SSSR count). The van der Waals surface area contributed by atoms with Gasteiger partial charge in [-0.3, -0.25) is 9.59 Å². The van der Waals surface area contributed by atoms with Gasteiger partial charge in [0.2, 0.25) is 5.91 Å². The van der Waals surface area contributed by atoms with Crippen LogP contribution in [0.2, 0.25) is 0 Å². The van der Waals surface area contributed by atoms with Crippen molar-refractivity contribution in [1.29, 1.82) is 0 Å². The lowest BCUT2D eigenvalue weighted by Crippen LogP contribution is -2.45. The number of aliphatic carboxylic acids is 1. The summed E-state index contributed by atoms with van der Waals surface area (Å²) < 4.78 is 0. The molecule has 2 unspecified atom stereocenters. The first-order valence-corrected chi connectivity index (χ1v) is 3.81. The van der Waals surface area contributed by atoms with Crippen molar-refractivity contribution in [3.05, 3.63) is 0 Å². The van der Waals surface area contributed by atoms with Gasteiger partial charge < -0.3 is 16.6 Å². The maximum absolute atomic E-state index is 10.8. The molecule has 0 aromatic carbocycles. The Balaban J connectivity index is 2.64. The third-order valence-electron chi connectivity index (χ3n) is 2.13. The molecule has 0 aromatic heterocycles. The molecule has 0 aliphatic heterocycles. The minimum Gasteiger partial charge on any atom is -0.480 e. The second-order valence-electron chi connectivity index (χ2n) is 3.13. The molecule has 1 aliphatic carbocycles. The van der Waals surface area contributed by atoms with E-state index < -0.39 is 23.8 Å². The average Bonchev–Trinajstić information content (AvgIpc) is 2.70. The molecule has 0 heterocycles. The van der Waals surface area contributed by atoms with Gasteiger partial charge in [0.15, 0.2) is 0 Å². The standard InChI is InChI=1S/C7H12N2O3/c8-5(7(11)12)4(6(9)10)3-1-2-3/h3-5H,1-2,8H2,(H2,9,10)(H,11,12). The summed E-state index contributed by atoms with van der Waals surface area (Å²) in [6.07, 6.45) is 1.71. The third-order valence-corrected chi connectivity index (χ3v) is 2.13. The summed E-state index contributed by atoms with van der Waals surface area (Å²) in [7, 11) is 0. The van der Waals surface area contributed by atoms with E-state index in [1.54, 1.807) is 0 Å². The molecule has 0 aromatic rings. The van der Waals surface area contributed by atoms with Crippen LogP contribution in [-0.2, 0) is 9.59 Å². The monoisotopic (exact) mass is 172 g/mol. The van der Waals surface area contributed by atoms with E-state index in [1.165, 1.54) is 0 Å². The van der Waals surface area contributed by atoms with Crippen molar-refractivity contribution in [2.45, 2.75) is 18.9 Å². The van der Waals surface area contributed by atoms with Gasteiger partial charge in [0.25, 0.3) is 0 Å². The van der Waals surface area contributed by atoms with Crippen LogP contribution in [0.25, 0.3) is 0 Å². The van der Waals surface area contributed by atoms with Gasteiger partial charge in [-0.1, -0.05) is 0 Å². The fourth-order valence-electron chi connectivity index (χ4n) is 1.31. The number of carbonyl (C=O) groups is 2. The van der Waals surface area contributed by atoms with E-state index >= 15 is 0 Å². The van der Waals surface area contributed by atoms with E-state index in [9.17, 15) is 9.59 Å². The van der Waals surface area contributed by atoms with Gasteiger partial charge in [-0.15, -0.1) is 0 Å². The molecule has 5 nitrogen and oxygen atoms in total. The highest BCUT2D eigenvalue weighted by molar-refractivity contribution is 5.86. The fraction of sp³-hybridized carbons (Fsp3) is 0.714. The third kappa shape index (κ3) is 1.73.